The van der Waals surface area contributed by atoms with E-state index in [1.54, 1.807) is 0 Å². The molecule has 1 aromatic heterocycles. The summed E-state index contributed by atoms with van der Waals surface area (Å²) in [4.78, 5) is 45.4. The van der Waals surface area contributed by atoms with Gasteiger partial charge >= 0.3 is 64.8 Å². The van der Waals surface area contributed by atoms with Gasteiger partial charge in [0, 0.05) is 18.7 Å². The van der Waals surface area contributed by atoms with Crippen LogP contribution in [-0.4, -0.2) is 28.6 Å². The Morgan fingerprint density at radius 3 is 2.67 bits per heavy atom. The number of rotatable bonds is 4. The van der Waals surface area contributed by atoms with E-state index in [0.29, 0.717) is 0 Å². The van der Waals surface area contributed by atoms with Gasteiger partial charge in [-0.2, -0.15) is 0 Å². The number of nitrogens with zero attached hydrogens (tertiary/aromatic N) is 1. The third-order valence-electron chi connectivity index (χ3n) is 2.57. The number of aromatic amines is 1. The number of hydrogen-bond acceptors (Lipinski definition) is 7. The second-order valence-corrected chi connectivity index (χ2v) is 5.55. The summed E-state index contributed by atoms with van der Waals surface area (Å²) in [6.07, 6.45) is -0.660. The predicted octanol–water partition coefficient (Wildman–Crippen LogP) is -8.28. The molecule has 1 aliphatic heterocycles. The monoisotopic (exact) mass is 336 g/mol. The molecule has 1 fully saturated rings. The second kappa shape index (κ2) is 9.14. The summed E-state index contributed by atoms with van der Waals surface area (Å²) in [5.41, 5.74) is -1.15. The summed E-state index contributed by atoms with van der Waals surface area (Å²) in [6.45, 7) is 0.0657. The first-order chi connectivity index (χ1) is 8.85. The van der Waals surface area contributed by atoms with Crippen molar-refractivity contribution >= 4 is 7.60 Å². The predicted molar refractivity (Wildman–Crippen MR) is 58.3 cm³/mol. The fourth-order valence-corrected chi connectivity index (χ4v) is 2.13. The molecule has 0 bridgehead atoms. The summed E-state index contributed by atoms with van der Waals surface area (Å²) >= 11 is 0. The van der Waals surface area contributed by atoms with E-state index in [4.69, 9.17) is 9.47 Å². The van der Waals surface area contributed by atoms with Crippen molar-refractivity contribution in [3.63, 3.8) is 0 Å². The van der Waals surface area contributed by atoms with Crippen molar-refractivity contribution in [3.05, 3.63) is 33.1 Å². The first kappa shape index (κ1) is 21.8. The van der Waals surface area contributed by atoms with E-state index in [9.17, 15) is 23.9 Å². The van der Waals surface area contributed by atoms with Crippen LogP contribution in [-0.2, 0) is 14.0 Å². The number of aromatic nitrogens is 2. The SMILES string of the molecule is O=c1ccn([C@H]2C[C@@H](OCP(=O)([O-])[O-])CO2)c(=O)[nH]1.[Na+].[Na+]. The van der Waals surface area contributed by atoms with Gasteiger partial charge in [0.1, 0.15) is 6.23 Å². The van der Waals surface area contributed by atoms with E-state index in [1.165, 1.54) is 16.8 Å². The van der Waals surface area contributed by atoms with Gasteiger partial charge in [0.05, 0.1) is 19.1 Å². The van der Waals surface area contributed by atoms with E-state index in [1.807, 2.05) is 0 Å². The van der Waals surface area contributed by atoms with Gasteiger partial charge in [-0.25, -0.2) is 4.79 Å². The van der Waals surface area contributed by atoms with Crippen molar-refractivity contribution in [3.8, 4) is 0 Å². The minimum absolute atomic E-state index is 0. The Labute approximate surface area is 163 Å². The Hall–Kier alpha value is 0.750. The van der Waals surface area contributed by atoms with Crippen molar-refractivity contribution in [1.29, 1.82) is 0 Å². The Morgan fingerprint density at radius 1 is 1.43 bits per heavy atom. The minimum Gasteiger partial charge on any atom is -0.809 e. The van der Waals surface area contributed by atoms with E-state index < -0.39 is 37.5 Å². The van der Waals surface area contributed by atoms with Crippen molar-refractivity contribution in [2.24, 2.45) is 0 Å². The summed E-state index contributed by atoms with van der Waals surface area (Å²) in [6, 6.07) is 1.17. The van der Waals surface area contributed by atoms with Crippen LogP contribution < -0.4 is 80.2 Å². The molecule has 1 N–H and O–H groups in total. The van der Waals surface area contributed by atoms with Gasteiger partial charge in [0.2, 0.25) is 0 Å². The van der Waals surface area contributed by atoms with Gasteiger partial charge in [0.25, 0.3) is 5.56 Å². The second-order valence-electron chi connectivity index (χ2n) is 4.07. The molecule has 2 atom stereocenters. The van der Waals surface area contributed by atoms with Crippen LogP contribution in [0.3, 0.4) is 0 Å². The normalized spacial score (nSPS) is 21.4. The quantitative estimate of drug-likeness (QED) is 0.426. The number of nitrogens with one attached hydrogen (secondary N) is 1. The van der Waals surface area contributed by atoms with Crippen molar-refractivity contribution in [2.75, 3.05) is 13.0 Å². The maximum Gasteiger partial charge on any atom is 1.00 e. The summed E-state index contributed by atoms with van der Waals surface area (Å²) in [5.74, 6) is 0. The van der Waals surface area contributed by atoms with E-state index in [2.05, 4.69) is 4.98 Å². The molecule has 2 heterocycles. The zero-order chi connectivity index (χ0) is 14.0. The zero-order valence-electron chi connectivity index (χ0n) is 11.7. The minimum atomic E-state index is -4.72. The maximum absolute atomic E-state index is 11.5. The van der Waals surface area contributed by atoms with Crippen LogP contribution in [0.5, 0.6) is 0 Å². The molecule has 12 heteroatoms. The molecule has 0 saturated carbocycles. The number of H-pyrrole nitrogens is 1. The third-order valence-corrected chi connectivity index (χ3v) is 3.03. The van der Waals surface area contributed by atoms with Gasteiger partial charge in [-0.1, -0.05) is 0 Å². The number of hydrogen-bond donors (Lipinski definition) is 1. The smallest absolute Gasteiger partial charge is 0.809 e. The molecule has 0 aromatic carbocycles. The molecule has 1 saturated heterocycles. The Bertz CT molecular complexity index is 613. The van der Waals surface area contributed by atoms with Gasteiger partial charge in [-0.15, -0.1) is 0 Å². The molecule has 1 aliphatic rings. The van der Waals surface area contributed by atoms with Gasteiger partial charge in [0.15, 0.2) is 0 Å². The molecular weight excluding hydrogens is 325 g/mol. The first-order valence-corrected chi connectivity index (χ1v) is 7.14. The largest absolute Gasteiger partial charge is 1.00 e. The van der Waals surface area contributed by atoms with Crippen molar-refractivity contribution in [1.82, 2.24) is 9.55 Å². The van der Waals surface area contributed by atoms with Crippen LogP contribution in [0.1, 0.15) is 12.6 Å². The molecule has 0 spiro atoms. The van der Waals surface area contributed by atoms with Crippen LogP contribution in [0.4, 0.5) is 0 Å². The number of ether oxygens (including phenoxy) is 2. The average molecular weight is 336 g/mol. The topological polar surface area (TPSA) is 137 Å². The Kier molecular flexibility index (Phi) is 9.47. The van der Waals surface area contributed by atoms with Crippen LogP contribution >= 0.6 is 7.60 Å². The standard InChI is InChI=1S/C9H13N2O7P.2Na/c12-7-1-2-11(9(13)10-7)8-3-6(4-17-8)18-5-19(14,15)16;;/h1-2,6,8H,3-5H2,(H,10,12,13)(H2,14,15,16);;/q;2*+1/p-2/t6-,8-;;/m1../s1. The third kappa shape index (κ3) is 6.80. The Balaban J connectivity index is 0.00000200. The maximum atomic E-state index is 11.5. The molecule has 106 valence electrons. The van der Waals surface area contributed by atoms with Crippen molar-refractivity contribution in [2.45, 2.75) is 18.8 Å². The summed E-state index contributed by atoms with van der Waals surface area (Å²) in [7, 11) is -4.72. The van der Waals surface area contributed by atoms with Gasteiger partial charge < -0.3 is 23.8 Å². The van der Waals surface area contributed by atoms with Crippen molar-refractivity contribution < 1.29 is 82.9 Å². The van der Waals surface area contributed by atoms with E-state index >= 15 is 0 Å². The van der Waals surface area contributed by atoms with Gasteiger partial charge in [-0.05, 0) is 7.60 Å². The fourth-order valence-electron chi connectivity index (χ4n) is 1.74. The van der Waals surface area contributed by atoms with E-state index in [0.717, 1.165) is 0 Å². The molecule has 2 rings (SSSR count). The molecule has 1 aromatic rings. The van der Waals surface area contributed by atoms with Crippen LogP contribution in [0.15, 0.2) is 21.9 Å². The molecule has 0 aliphatic carbocycles. The Morgan fingerprint density at radius 2 is 2.10 bits per heavy atom. The zero-order valence-corrected chi connectivity index (χ0v) is 16.6. The van der Waals surface area contributed by atoms with Crippen LogP contribution in [0.2, 0.25) is 0 Å². The van der Waals surface area contributed by atoms with E-state index in [-0.39, 0.29) is 72.1 Å². The summed E-state index contributed by atoms with van der Waals surface area (Å²) in [5, 5.41) is 0. The van der Waals surface area contributed by atoms with Gasteiger partial charge in [-0.3, -0.25) is 14.3 Å². The van der Waals surface area contributed by atoms with Crippen LogP contribution in [0.25, 0.3) is 0 Å². The molecule has 21 heavy (non-hydrogen) atoms. The molecule has 0 amide bonds. The fraction of sp³-hybridized carbons (Fsp3) is 0.556. The molecule has 0 unspecified atom stereocenters. The average Bonchev–Trinajstić information content (AvgIpc) is 2.74. The molecule has 9 nitrogen and oxygen atoms in total. The summed E-state index contributed by atoms with van der Waals surface area (Å²) < 4.78 is 21.7. The molecule has 0 radical (unpaired) electrons. The van der Waals surface area contributed by atoms with Crippen LogP contribution in [0, 0.1) is 0 Å². The molecular formula is C9H11N2Na2O7P. The first-order valence-electron chi connectivity index (χ1n) is 5.41.